The van der Waals surface area contributed by atoms with Crippen LogP contribution >= 0.6 is 0 Å². The third-order valence-corrected chi connectivity index (χ3v) is 5.34. The van der Waals surface area contributed by atoms with Crippen molar-refractivity contribution in [1.29, 1.82) is 0 Å². The van der Waals surface area contributed by atoms with Crippen molar-refractivity contribution < 1.29 is 49.1 Å². The normalized spacial score (nSPS) is 15.4. The van der Waals surface area contributed by atoms with Gasteiger partial charge in [0.1, 0.15) is 11.4 Å². The van der Waals surface area contributed by atoms with Crippen LogP contribution in [0.2, 0.25) is 0 Å². The molecule has 2 aromatic carbocycles. The monoisotopic (exact) mass is 469 g/mol. The lowest BCUT2D eigenvalue weighted by Gasteiger charge is -2.14. The van der Waals surface area contributed by atoms with Gasteiger partial charge < -0.3 is 14.3 Å². The maximum absolute atomic E-state index is 14.3. The van der Waals surface area contributed by atoms with E-state index in [1.165, 1.54) is 13.8 Å². The summed E-state index contributed by atoms with van der Waals surface area (Å²) in [5.74, 6) is -16.8. The van der Waals surface area contributed by atoms with Crippen LogP contribution in [0.15, 0.2) is 23.4 Å². The molecular formula is C18H13F6NO5S. The predicted molar refractivity (Wildman–Crippen MR) is 94.3 cm³/mol. The summed E-state index contributed by atoms with van der Waals surface area (Å²) in [6, 6.07) is 1.63. The van der Waals surface area contributed by atoms with Crippen molar-refractivity contribution in [3.8, 4) is 17.2 Å². The van der Waals surface area contributed by atoms with Crippen molar-refractivity contribution in [2.45, 2.75) is 25.9 Å². The molecule has 3 rings (SSSR count). The largest absolute Gasteiger partial charge is 0.471 e. The minimum absolute atomic E-state index is 0.168. The Kier molecular flexibility index (Phi) is 5.82. The lowest BCUT2D eigenvalue weighted by molar-refractivity contribution is 0.0123. The molecule has 0 atom stereocenters. The molecule has 0 bridgehead atoms. The molecule has 168 valence electrons. The lowest BCUT2D eigenvalue weighted by atomic mass is 10.1. The van der Waals surface area contributed by atoms with Gasteiger partial charge in [0, 0.05) is 12.5 Å². The molecule has 0 fully saturated rings. The van der Waals surface area contributed by atoms with Gasteiger partial charge in [-0.25, -0.2) is 17.2 Å². The van der Waals surface area contributed by atoms with Crippen molar-refractivity contribution in [2.24, 2.45) is 5.16 Å². The second kappa shape index (κ2) is 7.94. The molecule has 0 aliphatic carbocycles. The molecule has 0 N–H and O–H groups in total. The van der Waals surface area contributed by atoms with E-state index in [0.717, 1.165) is 0 Å². The number of hydrogen-bond acceptors (Lipinski definition) is 6. The Hall–Kier alpha value is -2.96. The average Bonchev–Trinajstić information content (AvgIpc) is 3.07. The van der Waals surface area contributed by atoms with Crippen molar-refractivity contribution in [3.63, 3.8) is 0 Å². The minimum Gasteiger partial charge on any atom is -0.471 e. The van der Waals surface area contributed by atoms with E-state index in [1.54, 1.807) is 0 Å². The van der Waals surface area contributed by atoms with Gasteiger partial charge >= 0.3 is 0 Å². The molecular weight excluding hydrogens is 456 g/mol. The number of halogens is 6. The first-order valence-corrected chi connectivity index (χ1v) is 10.1. The second-order valence-electron chi connectivity index (χ2n) is 6.98. The summed E-state index contributed by atoms with van der Waals surface area (Å²) in [5, 5.41) is 2.87. The molecule has 13 heteroatoms. The zero-order valence-corrected chi connectivity index (χ0v) is 16.6. The van der Waals surface area contributed by atoms with E-state index in [4.69, 9.17) is 4.84 Å². The number of sulfone groups is 1. The third kappa shape index (κ3) is 4.55. The molecule has 1 aliphatic rings. The third-order valence-electron chi connectivity index (χ3n) is 3.98. The Bertz CT molecular complexity index is 1150. The molecule has 31 heavy (non-hydrogen) atoms. The molecule has 0 saturated carbocycles. The topological polar surface area (TPSA) is 74.2 Å². The molecule has 0 spiro atoms. The number of rotatable bonds is 5. The van der Waals surface area contributed by atoms with Crippen LogP contribution in [0.1, 0.15) is 20.3 Å². The van der Waals surface area contributed by atoms with Crippen LogP contribution in [-0.4, -0.2) is 25.0 Å². The number of ether oxygens (including phenoxy) is 2. The molecule has 1 heterocycles. The Labute approximate surface area is 171 Å². The van der Waals surface area contributed by atoms with Crippen molar-refractivity contribution in [3.05, 3.63) is 53.1 Å². The highest BCUT2D eigenvalue weighted by Crippen LogP contribution is 2.38. The predicted octanol–water partition coefficient (Wildman–Crippen LogP) is 4.58. The maximum atomic E-state index is 14.3. The highest BCUT2D eigenvalue weighted by molar-refractivity contribution is 8.06. The zero-order valence-electron chi connectivity index (χ0n) is 15.8. The molecule has 0 saturated heterocycles. The molecule has 0 aromatic heterocycles. The van der Waals surface area contributed by atoms with Gasteiger partial charge in [-0.2, -0.15) is 17.6 Å². The summed E-state index contributed by atoms with van der Waals surface area (Å²) in [5.41, 5.74) is -0.942. The first kappa shape index (κ1) is 22.7. The first-order chi connectivity index (χ1) is 14.3. The van der Waals surface area contributed by atoms with Crippen LogP contribution in [0, 0.1) is 34.9 Å². The fraction of sp³-hybridized carbons (Fsp3) is 0.278. The lowest BCUT2D eigenvalue weighted by Crippen LogP contribution is -2.26. The molecule has 0 radical (unpaired) electrons. The van der Waals surface area contributed by atoms with Gasteiger partial charge in [0.25, 0.3) is 0 Å². The quantitative estimate of drug-likeness (QED) is 0.474. The second-order valence-corrected chi connectivity index (χ2v) is 8.92. The molecule has 1 aliphatic heterocycles. The van der Waals surface area contributed by atoms with Gasteiger partial charge in [0.15, 0.2) is 28.3 Å². The van der Waals surface area contributed by atoms with E-state index >= 15 is 0 Å². The SMILES string of the molecule is CC1(C)CC(S(=O)(=O)COc2c(F)c(F)c(Oc3cc(F)ccc3F)c(F)c2F)=NO1. The van der Waals surface area contributed by atoms with Crippen LogP contribution in [0.5, 0.6) is 17.2 Å². The molecule has 2 aromatic rings. The Balaban J connectivity index is 1.89. The van der Waals surface area contributed by atoms with Gasteiger partial charge in [-0.3, -0.25) is 0 Å². The van der Waals surface area contributed by atoms with E-state index in [2.05, 4.69) is 14.6 Å². The van der Waals surface area contributed by atoms with Crippen LogP contribution in [0.4, 0.5) is 26.3 Å². The standard InChI is InChI=1S/C18H13F6NO5S/c1-18(2)6-11(25-30-18)31(26,27)7-28-16-12(21)14(23)17(15(24)13(16)22)29-10-5-8(19)3-4-9(10)20/h3-5H,6-7H2,1-2H3. The minimum atomic E-state index is -4.36. The average molecular weight is 469 g/mol. The fourth-order valence-electron chi connectivity index (χ4n) is 2.45. The number of benzene rings is 2. The highest BCUT2D eigenvalue weighted by atomic mass is 32.2. The zero-order chi connectivity index (χ0) is 23.1. The summed E-state index contributed by atoms with van der Waals surface area (Å²) in [4.78, 5) is 4.88. The van der Waals surface area contributed by atoms with Crippen LogP contribution in [0.3, 0.4) is 0 Å². The van der Waals surface area contributed by atoms with Crippen molar-refractivity contribution >= 4 is 14.9 Å². The van der Waals surface area contributed by atoms with E-state index in [9.17, 15) is 34.8 Å². The van der Waals surface area contributed by atoms with Crippen molar-refractivity contribution in [2.75, 3.05) is 5.94 Å². The van der Waals surface area contributed by atoms with Gasteiger partial charge in [0.05, 0.1) is 0 Å². The van der Waals surface area contributed by atoms with E-state index < -0.39 is 78.6 Å². The fourth-order valence-corrected chi connectivity index (χ4v) is 3.57. The molecule has 0 amide bonds. The van der Waals surface area contributed by atoms with E-state index in [-0.39, 0.29) is 6.42 Å². The maximum Gasteiger partial charge on any atom is 0.230 e. The summed E-state index contributed by atoms with van der Waals surface area (Å²) < 4.78 is 117. The number of hydrogen-bond donors (Lipinski definition) is 0. The molecule has 0 unspecified atom stereocenters. The molecule has 6 nitrogen and oxygen atoms in total. The van der Waals surface area contributed by atoms with E-state index in [1.807, 2.05) is 0 Å². The van der Waals surface area contributed by atoms with Crippen LogP contribution in [0.25, 0.3) is 0 Å². The van der Waals surface area contributed by atoms with Gasteiger partial charge in [-0.05, 0) is 26.0 Å². The van der Waals surface area contributed by atoms with Crippen LogP contribution in [-0.2, 0) is 14.7 Å². The Morgan fingerprint density at radius 3 is 2.13 bits per heavy atom. The van der Waals surface area contributed by atoms with Gasteiger partial charge in [-0.15, -0.1) is 0 Å². The Morgan fingerprint density at radius 1 is 1.00 bits per heavy atom. The number of oxime groups is 1. The van der Waals surface area contributed by atoms with Gasteiger partial charge in [-0.1, -0.05) is 5.16 Å². The van der Waals surface area contributed by atoms with Crippen LogP contribution < -0.4 is 9.47 Å². The van der Waals surface area contributed by atoms with E-state index in [0.29, 0.717) is 18.2 Å². The van der Waals surface area contributed by atoms with Gasteiger partial charge in [0.2, 0.25) is 38.9 Å². The summed E-state index contributed by atoms with van der Waals surface area (Å²) in [6.07, 6.45) is -0.168. The first-order valence-electron chi connectivity index (χ1n) is 8.42. The summed E-state index contributed by atoms with van der Waals surface area (Å²) >= 11 is 0. The summed E-state index contributed by atoms with van der Waals surface area (Å²) in [7, 11) is -4.36. The van der Waals surface area contributed by atoms with Crippen molar-refractivity contribution in [1.82, 2.24) is 0 Å². The highest BCUT2D eigenvalue weighted by Gasteiger charge is 2.37. The Morgan fingerprint density at radius 2 is 1.58 bits per heavy atom. The smallest absolute Gasteiger partial charge is 0.230 e. The summed E-state index contributed by atoms with van der Waals surface area (Å²) in [6.45, 7) is 3.06. The number of nitrogens with zero attached hydrogens (tertiary/aromatic N) is 1.